The highest BCUT2D eigenvalue weighted by atomic mass is 16.5. The van der Waals surface area contributed by atoms with E-state index >= 15 is 0 Å². The second-order valence-corrected chi connectivity index (χ2v) is 12.0. The van der Waals surface area contributed by atoms with Gasteiger partial charge in [0.05, 0.1) is 0 Å². The van der Waals surface area contributed by atoms with Gasteiger partial charge in [-0.15, -0.1) is 0 Å². The highest BCUT2D eigenvalue weighted by molar-refractivity contribution is 5.97. The van der Waals surface area contributed by atoms with E-state index in [9.17, 15) is 19.2 Å². The third-order valence-corrected chi connectivity index (χ3v) is 7.16. The number of benzene rings is 3. The summed E-state index contributed by atoms with van der Waals surface area (Å²) in [6, 6.07) is 24.6. The van der Waals surface area contributed by atoms with E-state index in [1.54, 1.807) is 60.7 Å². The smallest absolute Gasteiger partial charge is 0.329 e. The molecule has 0 aliphatic rings. The maximum Gasteiger partial charge on any atom is 0.329 e. The van der Waals surface area contributed by atoms with Gasteiger partial charge in [0.15, 0.2) is 12.4 Å². The molecule has 2 N–H and O–H groups in total. The summed E-state index contributed by atoms with van der Waals surface area (Å²) in [6.07, 6.45) is 0.724. The van der Waals surface area contributed by atoms with Crippen LogP contribution in [0.1, 0.15) is 72.7 Å². The van der Waals surface area contributed by atoms with Gasteiger partial charge in [0.2, 0.25) is 5.89 Å². The predicted octanol–water partition coefficient (Wildman–Crippen LogP) is 6.12. The fourth-order valence-corrected chi connectivity index (χ4v) is 4.82. The van der Waals surface area contributed by atoms with Gasteiger partial charge in [0.1, 0.15) is 24.4 Å². The van der Waals surface area contributed by atoms with Gasteiger partial charge in [-0.1, -0.05) is 82.3 Å². The van der Waals surface area contributed by atoms with Crippen molar-refractivity contribution in [2.24, 2.45) is 11.8 Å². The molecular weight excluding hydrogens is 598 g/mol. The maximum atomic E-state index is 13.3. The van der Waals surface area contributed by atoms with Gasteiger partial charge in [0.25, 0.3) is 11.8 Å². The normalized spacial score (nSPS) is 12.3. The van der Waals surface area contributed by atoms with E-state index < -0.39 is 24.0 Å². The molecule has 0 unspecified atom stereocenters. The molecule has 4 rings (SSSR count). The molecule has 246 valence electrons. The summed E-state index contributed by atoms with van der Waals surface area (Å²) in [5.74, 6) is -1.40. The highest BCUT2D eigenvalue weighted by Gasteiger charge is 2.28. The van der Waals surface area contributed by atoms with Crippen LogP contribution in [-0.2, 0) is 32.3 Å². The second-order valence-electron chi connectivity index (χ2n) is 12.0. The monoisotopic (exact) mass is 639 g/mol. The highest BCUT2D eigenvalue weighted by Crippen LogP contribution is 2.24. The van der Waals surface area contributed by atoms with E-state index in [2.05, 4.69) is 15.6 Å². The van der Waals surface area contributed by atoms with Crippen LogP contribution in [0.5, 0.6) is 0 Å². The van der Waals surface area contributed by atoms with Gasteiger partial charge in [-0.2, -0.15) is 0 Å². The molecule has 0 radical (unpaired) electrons. The molecule has 2 atom stereocenters. The minimum atomic E-state index is -0.898. The Morgan fingerprint density at radius 3 is 1.51 bits per heavy atom. The third-order valence-electron chi connectivity index (χ3n) is 7.16. The van der Waals surface area contributed by atoms with Gasteiger partial charge in [0, 0.05) is 16.7 Å². The molecule has 1 aromatic heterocycles. The molecule has 0 aliphatic heterocycles. The van der Waals surface area contributed by atoms with Crippen molar-refractivity contribution in [3.05, 3.63) is 114 Å². The number of nitrogens with one attached hydrogen (secondary N) is 2. The molecule has 4 aromatic rings. The largest absolute Gasteiger partial charge is 0.458 e. The number of amides is 2. The Morgan fingerprint density at radius 1 is 0.638 bits per heavy atom. The summed E-state index contributed by atoms with van der Waals surface area (Å²) in [5.41, 5.74) is 1.80. The Balaban J connectivity index is 1.49. The first-order chi connectivity index (χ1) is 22.6. The lowest BCUT2D eigenvalue weighted by Gasteiger charge is -2.20. The van der Waals surface area contributed by atoms with Crippen LogP contribution >= 0.6 is 0 Å². The molecule has 1 heterocycles. The number of hydrogen-bond acceptors (Lipinski definition) is 8. The van der Waals surface area contributed by atoms with Crippen molar-refractivity contribution < 1.29 is 33.1 Å². The quantitative estimate of drug-likeness (QED) is 0.149. The van der Waals surface area contributed by atoms with E-state index in [0.29, 0.717) is 29.5 Å². The Morgan fingerprint density at radius 2 is 1.06 bits per heavy atom. The summed E-state index contributed by atoms with van der Waals surface area (Å²) in [7, 11) is 0. The molecule has 0 saturated carbocycles. The number of esters is 2. The van der Waals surface area contributed by atoms with E-state index in [4.69, 9.17) is 13.9 Å². The fourth-order valence-electron chi connectivity index (χ4n) is 4.82. The number of aromatic nitrogens is 1. The summed E-state index contributed by atoms with van der Waals surface area (Å²) in [6.45, 7) is 7.19. The van der Waals surface area contributed by atoms with E-state index in [0.717, 1.165) is 0 Å². The third kappa shape index (κ3) is 10.4. The molecule has 2 amide bonds. The summed E-state index contributed by atoms with van der Waals surface area (Å²) in [4.78, 5) is 56.7. The van der Waals surface area contributed by atoms with Gasteiger partial charge in [-0.3, -0.25) is 9.59 Å². The lowest BCUT2D eigenvalue weighted by molar-refractivity contribution is -0.149. The molecule has 47 heavy (non-hydrogen) atoms. The fraction of sp³-hybridized carbons (Fsp3) is 0.324. The summed E-state index contributed by atoms with van der Waals surface area (Å²) < 4.78 is 17.3. The van der Waals surface area contributed by atoms with Gasteiger partial charge in [-0.25, -0.2) is 14.6 Å². The Labute approximate surface area is 274 Å². The van der Waals surface area contributed by atoms with Crippen LogP contribution in [0.3, 0.4) is 0 Å². The average molecular weight is 640 g/mol. The molecule has 10 heteroatoms. The van der Waals surface area contributed by atoms with Crippen LogP contribution in [0.2, 0.25) is 0 Å². The Bertz CT molecular complexity index is 1520. The van der Waals surface area contributed by atoms with Crippen LogP contribution in [0.25, 0.3) is 11.5 Å². The van der Waals surface area contributed by atoms with Crippen LogP contribution in [0.15, 0.2) is 95.4 Å². The van der Waals surface area contributed by atoms with Crippen molar-refractivity contribution in [1.29, 1.82) is 0 Å². The molecule has 0 bridgehead atoms. The first kappa shape index (κ1) is 34.6. The Hall–Kier alpha value is -5.25. The van der Waals surface area contributed by atoms with Gasteiger partial charge in [-0.05, 0) is 61.1 Å². The van der Waals surface area contributed by atoms with E-state index in [-0.39, 0.29) is 54.2 Å². The van der Waals surface area contributed by atoms with Crippen molar-refractivity contribution in [2.75, 3.05) is 0 Å². The topological polar surface area (TPSA) is 137 Å². The number of oxazole rings is 1. The zero-order chi connectivity index (χ0) is 33.8. The number of rotatable bonds is 15. The molecule has 0 fully saturated rings. The average Bonchev–Trinajstić information content (AvgIpc) is 3.49. The lowest BCUT2D eigenvalue weighted by Crippen LogP contribution is -2.42. The van der Waals surface area contributed by atoms with Crippen molar-refractivity contribution in [1.82, 2.24) is 15.6 Å². The SMILES string of the molecule is CC(C)C[C@H](NC(=O)c1ccccc1)C(=O)OCc1nc(-c2ccccc2)oc1COC(=O)[C@H](CC(C)C)NC(=O)c1ccccc1. The van der Waals surface area contributed by atoms with Crippen molar-refractivity contribution in [2.45, 2.75) is 65.8 Å². The number of hydrogen-bond donors (Lipinski definition) is 2. The molecule has 0 saturated heterocycles. The van der Waals surface area contributed by atoms with Crippen LogP contribution in [0.4, 0.5) is 0 Å². The summed E-state index contributed by atoms with van der Waals surface area (Å²) in [5, 5.41) is 5.56. The maximum absolute atomic E-state index is 13.3. The van der Waals surface area contributed by atoms with Gasteiger partial charge < -0.3 is 24.5 Å². The van der Waals surface area contributed by atoms with Crippen molar-refractivity contribution in [3.8, 4) is 11.5 Å². The van der Waals surface area contributed by atoms with E-state index in [1.165, 1.54) is 0 Å². The van der Waals surface area contributed by atoms with Crippen molar-refractivity contribution >= 4 is 23.8 Å². The van der Waals surface area contributed by atoms with Crippen LogP contribution in [-0.4, -0.2) is 40.8 Å². The minimum absolute atomic E-state index is 0.0923. The predicted molar refractivity (Wildman–Crippen MR) is 176 cm³/mol. The minimum Gasteiger partial charge on any atom is -0.458 e. The number of carbonyl (C=O) groups is 4. The van der Waals surface area contributed by atoms with Crippen LogP contribution in [0, 0.1) is 11.8 Å². The standard InChI is InChI=1S/C37H41N3O7/c1-24(2)20-29(38-33(41)26-14-8-5-9-15-26)36(43)45-22-31-32(47-35(40-31)28-18-12-7-13-19-28)23-46-37(44)30(21-25(3)4)39-34(42)27-16-10-6-11-17-27/h5-19,24-25,29-30H,20-23H2,1-4H3,(H,38,41)(H,39,42)/t29-,30-/m0/s1. The number of carbonyl (C=O) groups excluding carboxylic acids is 4. The molecular formula is C37H41N3O7. The first-order valence-corrected chi connectivity index (χ1v) is 15.7. The van der Waals surface area contributed by atoms with Gasteiger partial charge >= 0.3 is 11.9 Å². The van der Waals surface area contributed by atoms with Crippen molar-refractivity contribution in [3.63, 3.8) is 0 Å². The van der Waals surface area contributed by atoms with E-state index in [1.807, 2.05) is 58.0 Å². The molecule has 0 spiro atoms. The first-order valence-electron chi connectivity index (χ1n) is 15.7. The second kappa shape index (κ2) is 16.9. The number of ether oxygens (including phenoxy) is 2. The Kier molecular flexibility index (Phi) is 12.4. The zero-order valence-corrected chi connectivity index (χ0v) is 27.1. The van der Waals surface area contributed by atoms with Crippen LogP contribution < -0.4 is 10.6 Å². The molecule has 0 aliphatic carbocycles. The lowest BCUT2D eigenvalue weighted by atomic mass is 10.0. The zero-order valence-electron chi connectivity index (χ0n) is 27.1. The molecule has 3 aromatic carbocycles. The summed E-state index contributed by atoms with van der Waals surface area (Å²) >= 11 is 0. The number of nitrogens with zero attached hydrogens (tertiary/aromatic N) is 1. The molecule has 10 nitrogen and oxygen atoms in total.